The van der Waals surface area contributed by atoms with Crippen LogP contribution >= 0.6 is 0 Å². The van der Waals surface area contributed by atoms with Crippen molar-refractivity contribution in [3.63, 3.8) is 0 Å². The molecular weight excluding hydrogens is 685 g/mol. The summed E-state index contributed by atoms with van der Waals surface area (Å²) in [7, 11) is 0. The van der Waals surface area contributed by atoms with Crippen molar-refractivity contribution in [2.24, 2.45) is 9.98 Å². The van der Waals surface area contributed by atoms with Crippen LogP contribution in [0.3, 0.4) is 0 Å². The fourth-order valence-electron chi connectivity index (χ4n) is 9.30. The minimum atomic E-state index is 0. The molecule has 0 spiro atoms. The number of hydrogen-bond acceptors (Lipinski definition) is 3. The number of benzene rings is 2. The summed E-state index contributed by atoms with van der Waals surface area (Å²) >= 11 is 0. The van der Waals surface area contributed by atoms with Crippen LogP contribution in [-0.4, -0.2) is 17.4 Å². The molecule has 4 aliphatic carbocycles. The molecule has 3 aromatic rings. The third-order valence-corrected chi connectivity index (χ3v) is 11.8. The Morgan fingerprint density at radius 3 is 0.959 bits per heavy atom. The van der Waals surface area contributed by atoms with E-state index in [1.807, 2.05) is 12.4 Å². The van der Waals surface area contributed by atoms with E-state index < -0.39 is 0 Å². The molecule has 264 valence electrons. The van der Waals surface area contributed by atoms with Crippen molar-refractivity contribution in [3.05, 3.63) is 88.2 Å². The summed E-state index contributed by atoms with van der Waals surface area (Å²) in [5.41, 5.74) is 10.3. The van der Waals surface area contributed by atoms with Crippen molar-refractivity contribution >= 4 is 23.8 Å². The van der Waals surface area contributed by atoms with E-state index in [2.05, 4.69) is 54.6 Å². The van der Waals surface area contributed by atoms with Crippen LogP contribution < -0.4 is 24.8 Å². The van der Waals surface area contributed by atoms with Crippen LogP contribution in [0.2, 0.25) is 0 Å². The molecule has 0 radical (unpaired) electrons. The molecule has 0 saturated heterocycles. The van der Waals surface area contributed by atoms with E-state index in [-0.39, 0.29) is 41.9 Å². The van der Waals surface area contributed by atoms with Crippen LogP contribution in [0.5, 0.6) is 0 Å². The van der Waals surface area contributed by atoms with Gasteiger partial charge in [-0.15, -0.1) is 0 Å². The molecule has 0 N–H and O–H groups in total. The number of aliphatic imine (C=N–C) groups is 2. The van der Waals surface area contributed by atoms with Gasteiger partial charge >= 0.3 is 17.1 Å². The first-order valence-electron chi connectivity index (χ1n) is 19.1. The summed E-state index contributed by atoms with van der Waals surface area (Å²) < 4.78 is 0. The van der Waals surface area contributed by atoms with Gasteiger partial charge in [-0.05, 0) is 109 Å². The molecule has 0 amide bonds. The Kier molecular flexibility index (Phi) is 16.4. The van der Waals surface area contributed by atoms with E-state index in [0.29, 0.717) is 23.7 Å². The van der Waals surface area contributed by atoms with Gasteiger partial charge in [0.15, 0.2) is 0 Å². The molecule has 7 rings (SSSR count). The van der Waals surface area contributed by atoms with Crippen molar-refractivity contribution in [1.82, 2.24) is 4.98 Å². The second-order valence-corrected chi connectivity index (χ2v) is 14.9. The number of aromatic nitrogens is 1. The Bertz CT molecular complexity index is 1320. The van der Waals surface area contributed by atoms with Crippen LogP contribution in [0, 0.1) is 0 Å². The first-order valence-corrected chi connectivity index (χ1v) is 19.1. The van der Waals surface area contributed by atoms with Gasteiger partial charge in [0.25, 0.3) is 0 Å². The summed E-state index contributed by atoms with van der Waals surface area (Å²) in [6, 6.07) is 20.5. The van der Waals surface area contributed by atoms with Gasteiger partial charge in [0.2, 0.25) is 0 Å². The first kappa shape index (κ1) is 39.8. The van der Waals surface area contributed by atoms with E-state index >= 15 is 0 Å². The van der Waals surface area contributed by atoms with E-state index in [4.69, 9.17) is 15.0 Å². The molecule has 3 nitrogen and oxygen atoms in total. The second-order valence-electron chi connectivity index (χ2n) is 14.9. The number of rotatable bonds is 8. The van der Waals surface area contributed by atoms with Gasteiger partial charge in [-0.1, -0.05) is 120 Å². The molecular formula is C43H55Cl2FeN3. The summed E-state index contributed by atoms with van der Waals surface area (Å²) in [6.07, 6.45) is 30.7. The van der Waals surface area contributed by atoms with Gasteiger partial charge in [0.1, 0.15) is 0 Å². The molecule has 49 heavy (non-hydrogen) atoms. The van der Waals surface area contributed by atoms with E-state index in [1.165, 1.54) is 162 Å². The molecule has 2 aromatic carbocycles. The molecule has 0 aliphatic heterocycles. The van der Waals surface area contributed by atoms with Crippen LogP contribution in [-0.2, 0) is 17.1 Å². The summed E-state index contributed by atoms with van der Waals surface area (Å²) in [5.74, 6) is 2.55. The maximum absolute atomic E-state index is 5.30. The number of nitrogens with zero attached hydrogens (tertiary/aromatic N) is 3. The molecule has 6 heteroatoms. The van der Waals surface area contributed by atoms with Crippen molar-refractivity contribution in [2.45, 2.75) is 152 Å². The van der Waals surface area contributed by atoms with Gasteiger partial charge < -0.3 is 24.8 Å². The summed E-state index contributed by atoms with van der Waals surface area (Å²) in [5, 5.41) is 0. The van der Waals surface area contributed by atoms with E-state index in [9.17, 15) is 0 Å². The fraction of sp³-hybridized carbons (Fsp3) is 0.558. The Hall–Kier alpha value is -1.97. The zero-order valence-electron chi connectivity index (χ0n) is 29.3. The number of pyridine rings is 1. The van der Waals surface area contributed by atoms with Crippen molar-refractivity contribution in [1.29, 1.82) is 0 Å². The predicted octanol–water partition coefficient (Wildman–Crippen LogP) is 6.78. The molecule has 0 unspecified atom stereocenters. The van der Waals surface area contributed by atoms with Gasteiger partial charge in [-0.2, -0.15) is 0 Å². The van der Waals surface area contributed by atoms with Gasteiger partial charge in [0.05, 0.1) is 35.2 Å². The zero-order chi connectivity index (χ0) is 31.0. The monoisotopic (exact) mass is 739 g/mol. The SMILES string of the molecule is C(=Nc1c(C2CCCCC2)cccc1C1CCCCC1)c1cccc(C=Nc2c(C3CCCCC3)cccc2C2CCCCC2)n1.[Cl-].[Cl-].[Fe+2]. The normalized spacial score (nSPS) is 20.1. The van der Waals surface area contributed by atoms with Gasteiger partial charge in [-0.25, -0.2) is 4.98 Å². The average molecular weight is 741 g/mol. The van der Waals surface area contributed by atoms with E-state index in [0.717, 1.165) is 11.4 Å². The number of hydrogen-bond donors (Lipinski definition) is 0. The Labute approximate surface area is 319 Å². The summed E-state index contributed by atoms with van der Waals surface area (Å²) in [4.78, 5) is 15.7. The van der Waals surface area contributed by atoms with Gasteiger partial charge in [0, 0.05) is 0 Å². The number of para-hydroxylation sites is 2. The average Bonchev–Trinajstić information content (AvgIpc) is 3.14. The largest absolute Gasteiger partial charge is 2.00 e. The maximum atomic E-state index is 5.30. The fourth-order valence-corrected chi connectivity index (χ4v) is 9.30. The maximum Gasteiger partial charge on any atom is 2.00 e. The minimum absolute atomic E-state index is 0. The summed E-state index contributed by atoms with van der Waals surface area (Å²) in [6.45, 7) is 0. The molecule has 4 aliphatic rings. The smallest absolute Gasteiger partial charge is 1.00 e. The van der Waals surface area contributed by atoms with Crippen LogP contribution in [0.15, 0.2) is 64.6 Å². The van der Waals surface area contributed by atoms with Crippen molar-refractivity contribution < 1.29 is 41.9 Å². The third-order valence-electron chi connectivity index (χ3n) is 11.8. The van der Waals surface area contributed by atoms with Crippen LogP contribution in [0.1, 0.15) is 186 Å². The van der Waals surface area contributed by atoms with Crippen LogP contribution in [0.25, 0.3) is 0 Å². The third kappa shape index (κ3) is 10.1. The quantitative estimate of drug-likeness (QED) is 0.186. The first-order chi connectivity index (χ1) is 22.8. The Balaban J connectivity index is 0.00000180. The van der Waals surface area contributed by atoms with Gasteiger partial charge in [-0.3, -0.25) is 9.98 Å². The van der Waals surface area contributed by atoms with Crippen molar-refractivity contribution in [3.8, 4) is 0 Å². The second kappa shape index (κ2) is 20.2. The topological polar surface area (TPSA) is 37.6 Å². The van der Waals surface area contributed by atoms with Crippen molar-refractivity contribution in [2.75, 3.05) is 0 Å². The predicted molar refractivity (Wildman–Crippen MR) is 195 cm³/mol. The molecule has 1 heterocycles. The van der Waals surface area contributed by atoms with Crippen LogP contribution in [0.4, 0.5) is 11.4 Å². The molecule has 0 bridgehead atoms. The molecule has 0 atom stereocenters. The Morgan fingerprint density at radius 1 is 0.408 bits per heavy atom. The number of halogens is 2. The zero-order valence-corrected chi connectivity index (χ0v) is 31.9. The molecule has 4 fully saturated rings. The minimum Gasteiger partial charge on any atom is -1.00 e. The standard InChI is InChI=1S/C43H55N3.2ClH.Fe/c1-5-16-32(17-6-1)38-26-14-27-39(33-18-7-2-8-19-33)42(38)44-30-36-24-13-25-37(46-36)31-45-43-40(34-20-9-3-10-21-34)28-15-29-41(43)35-22-11-4-12-23-35;;;/h13-15,24-35H,1-12,16-23H2;2*1H;/q;;;+2/p-2. The van der Waals surface area contributed by atoms with E-state index in [1.54, 1.807) is 0 Å². The molecule has 1 aromatic heterocycles. The molecule has 4 saturated carbocycles. The Morgan fingerprint density at radius 2 is 0.673 bits per heavy atom.